The van der Waals surface area contributed by atoms with Crippen LogP contribution < -0.4 is 10.6 Å². The normalized spacial score (nSPS) is 12.7. The number of anilines is 1. The summed E-state index contributed by atoms with van der Waals surface area (Å²) in [5.74, 6) is -0.756. The fraction of sp³-hybridized carbons (Fsp3) is 0.323. The molecule has 3 aromatic rings. The summed E-state index contributed by atoms with van der Waals surface area (Å²) in [4.78, 5) is 41.8. The number of para-hydroxylation sites is 1. The van der Waals surface area contributed by atoms with Crippen LogP contribution in [0.15, 0.2) is 78.9 Å². The fourth-order valence-corrected chi connectivity index (χ4v) is 4.21. The zero-order chi connectivity index (χ0) is 27.9. The van der Waals surface area contributed by atoms with Crippen molar-refractivity contribution in [3.8, 4) is 0 Å². The van der Waals surface area contributed by atoms with Crippen molar-refractivity contribution >= 4 is 23.6 Å². The summed E-state index contributed by atoms with van der Waals surface area (Å²) in [6.45, 7) is 9.10. The summed E-state index contributed by atoms with van der Waals surface area (Å²) in [6.07, 6.45) is -0.458. The Bertz CT molecular complexity index is 1270. The smallest absolute Gasteiger partial charge is 0.408 e. The number of hydrogen-bond donors (Lipinski definition) is 2. The topological polar surface area (TPSA) is 87.7 Å². The summed E-state index contributed by atoms with van der Waals surface area (Å²) in [6, 6.07) is 22.5. The molecule has 3 aromatic carbocycles. The Kier molecular flexibility index (Phi) is 9.29. The van der Waals surface area contributed by atoms with Gasteiger partial charge in [-0.05, 0) is 62.9 Å². The van der Waals surface area contributed by atoms with Gasteiger partial charge in [0.05, 0.1) is 0 Å². The summed E-state index contributed by atoms with van der Waals surface area (Å²) in [5, 5.41) is 5.72. The molecule has 0 radical (unpaired) electrons. The van der Waals surface area contributed by atoms with Gasteiger partial charge in [0.2, 0.25) is 5.91 Å². The maximum atomic E-state index is 14.0. The molecule has 0 saturated heterocycles. The van der Waals surface area contributed by atoms with E-state index in [1.165, 1.54) is 4.90 Å². The zero-order valence-corrected chi connectivity index (χ0v) is 22.9. The first-order valence-electron chi connectivity index (χ1n) is 12.7. The van der Waals surface area contributed by atoms with E-state index < -0.39 is 29.7 Å². The van der Waals surface area contributed by atoms with Crippen LogP contribution in [0.5, 0.6) is 0 Å². The van der Waals surface area contributed by atoms with Gasteiger partial charge in [0.1, 0.15) is 17.7 Å². The molecule has 0 spiro atoms. The number of rotatable bonds is 8. The van der Waals surface area contributed by atoms with Gasteiger partial charge in [0.15, 0.2) is 0 Å². The van der Waals surface area contributed by atoms with E-state index in [2.05, 4.69) is 10.6 Å². The Labute approximate surface area is 225 Å². The lowest BCUT2D eigenvalue weighted by atomic mass is 9.97. The van der Waals surface area contributed by atoms with E-state index in [-0.39, 0.29) is 12.3 Å². The number of benzene rings is 3. The van der Waals surface area contributed by atoms with Gasteiger partial charge in [-0.15, -0.1) is 0 Å². The molecule has 3 rings (SSSR count). The molecular weight excluding hydrogens is 478 g/mol. The van der Waals surface area contributed by atoms with E-state index >= 15 is 0 Å². The Morgan fingerprint density at radius 2 is 1.42 bits per heavy atom. The highest BCUT2D eigenvalue weighted by atomic mass is 16.6. The van der Waals surface area contributed by atoms with Crippen LogP contribution >= 0.6 is 0 Å². The number of ether oxygens (including phenoxy) is 1. The average molecular weight is 516 g/mol. The molecule has 7 nitrogen and oxygen atoms in total. The van der Waals surface area contributed by atoms with E-state index in [0.717, 1.165) is 16.7 Å². The number of likely N-dealkylation sites (N-methyl/N-ethyl adjacent to an activating group) is 1. The van der Waals surface area contributed by atoms with Crippen molar-refractivity contribution in [2.75, 3.05) is 12.4 Å². The second-order valence-electron chi connectivity index (χ2n) is 10.4. The van der Waals surface area contributed by atoms with Crippen molar-refractivity contribution in [2.45, 2.75) is 58.7 Å². The second kappa shape index (κ2) is 12.4. The molecule has 38 heavy (non-hydrogen) atoms. The van der Waals surface area contributed by atoms with Crippen LogP contribution in [0.25, 0.3) is 0 Å². The molecule has 3 amide bonds. The second-order valence-corrected chi connectivity index (χ2v) is 10.4. The number of hydrogen-bond acceptors (Lipinski definition) is 4. The van der Waals surface area contributed by atoms with Crippen molar-refractivity contribution in [2.24, 2.45) is 0 Å². The lowest BCUT2D eigenvalue weighted by Gasteiger charge is -2.32. The number of nitrogens with one attached hydrogen (secondary N) is 2. The van der Waals surface area contributed by atoms with Crippen molar-refractivity contribution in [1.82, 2.24) is 10.2 Å². The number of aryl methyl sites for hydroxylation is 2. The maximum absolute atomic E-state index is 14.0. The van der Waals surface area contributed by atoms with Gasteiger partial charge in [-0.2, -0.15) is 0 Å². The third-order valence-corrected chi connectivity index (χ3v) is 6.14. The summed E-state index contributed by atoms with van der Waals surface area (Å²) < 4.78 is 5.44. The van der Waals surface area contributed by atoms with E-state index in [1.807, 2.05) is 92.7 Å². The molecule has 0 bridgehead atoms. The SMILES string of the molecule is Cc1ccccc1NC(=O)C(c1ccccc1C)N(C)C(=O)C(Cc1ccccc1)NC(=O)OC(C)(C)C. The van der Waals surface area contributed by atoms with Crippen molar-refractivity contribution in [3.05, 3.63) is 101 Å². The van der Waals surface area contributed by atoms with Gasteiger partial charge in [-0.3, -0.25) is 9.59 Å². The predicted molar refractivity (Wildman–Crippen MR) is 150 cm³/mol. The van der Waals surface area contributed by atoms with E-state index in [9.17, 15) is 14.4 Å². The van der Waals surface area contributed by atoms with Gasteiger partial charge in [-0.1, -0.05) is 72.8 Å². The molecule has 0 fully saturated rings. The molecule has 2 N–H and O–H groups in total. The summed E-state index contributed by atoms with van der Waals surface area (Å²) >= 11 is 0. The molecule has 0 heterocycles. The van der Waals surface area contributed by atoms with Gasteiger partial charge in [0, 0.05) is 19.2 Å². The molecule has 200 valence electrons. The van der Waals surface area contributed by atoms with Crippen molar-refractivity contribution in [1.29, 1.82) is 0 Å². The third-order valence-electron chi connectivity index (χ3n) is 6.14. The number of carbonyl (C=O) groups excluding carboxylic acids is 3. The highest BCUT2D eigenvalue weighted by molar-refractivity contribution is 5.99. The number of nitrogens with zero attached hydrogens (tertiary/aromatic N) is 1. The molecule has 0 aliphatic heterocycles. The molecule has 0 saturated carbocycles. The van der Waals surface area contributed by atoms with Crippen LogP contribution in [0.4, 0.5) is 10.5 Å². The van der Waals surface area contributed by atoms with Crippen molar-refractivity contribution < 1.29 is 19.1 Å². The predicted octanol–water partition coefficient (Wildman–Crippen LogP) is 5.58. The minimum atomic E-state index is -0.949. The number of alkyl carbamates (subject to hydrolysis) is 1. The van der Waals surface area contributed by atoms with Gasteiger partial charge < -0.3 is 20.3 Å². The van der Waals surface area contributed by atoms with E-state index in [1.54, 1.807) is 27.8 Å². The first-order chi connectivity index (χ1) is 18.0. The van der Waals surface area contributed by atoms with Crippen LogP contribution in [0.2, 0.25) is 0 Å². The molecule has 0 aliphatic rings. The van der Waals surface area contributed by atoms with Crippen LogP contribution in [-0.4, -0.2) is 41.5 Å². The molecule has 2 unspecified atom stereocenters. The third kappa shape index (κ3) is 7.68. The van der Waals surface area contributed by atoms with Crippen LogP contribution in [0.1, 0.15) is 49.1 Å². The van der Waals surface area contributed by atoms with Crippen LogP contribution in [-0.2, 0) is 20.7 Å². The molecule has 0 aliphatic carbocycles. The first kappa shape index (κ1) is 28.4. The van der Waals surface area contributed by atoms with Crippen molar-refractivity contribution in [3.63, 3.8) is 0 Å². The summed E-state index contributed by atoms with van der Waals surface area (Å²) in [5.41, 5.74) is 3.29. The average Bonchev–Trinajstić information content (AvgIpc) is 2.85. The highest BCUT2D eigenvalue weighted by Crippen LogP contribution is 2.27. The Balaban J connectivity index is 1.96. The van der Waals surface area contributed by atoms with E-state index in [4.69, 9.17) is 4.74 Å². The fourth-order valence-electron chi connectivity index (χ4n) is 4.21. The van der Waals surface area contributed by atoms with Gasteiger partial charge in [-0.25, -0.2) is 4.79 Å². The standard InChI is InChI=1S/C31H37N3O4/c1-21-14-10-12-18-24(21)27(28(35)32-25-19-13-11-15-22(25)2)34(6)29(36)26(20-23-16-8-7-9-17-23)33-30(37)38-31(3,4)5/h7-19,26-27H,20H2,1-6H3,(H,32,35)(H,33,37). The maximum Gasteiger partial charge on any atom is 0.408 e. The zero-order valence-electron chi connectivity index (χ0n) is 22.9. The number of amides is 3. The highest BCUT2D eigenvalue weighted by Gasteiger charge is 2.35. The largest absolute Gasteiger partial charge is 0.444 e. The van der Waals surface area contributed by atoms with E-state index in [0.29, 0.717) is 11.3 Å². The van der Waals surface area contributed by atoms with Gasteiger partial charge in [0.25, 0.3) is 5.91 Å². The molecule has 7 heteroatoms. The first-order valence-corrected chi connectivity index (χ1v) is 12.7. The molecule has 0 aromatic heterocycles. The Morgan fingerprint density at radius 1 is 0.842 bits per heavy atom. The Hall–Kier alpha value is -4.13. The quantitative estimate of drug-likeness (QED) is 0.410. The monoisotopic (exact) mass is 515 g/mol. The van der Waals surface area contributed by atoms with Gasteiger partial charge >= 0.3 is 6.09 Å². The number of carbonyl (C=O) groups is 3. The molecule has 2 atom stereocenters. The lowest BCUT2D eigenvalue weighted by Crippen LogP contribution is -2.52. The Morgan fingerprint density at radius 3 is 2.03 bits per heavy atom. The summed E-state index contributed by atoms with van der Waals surface area (Å²) in [7, 11) is 1.59. The van der Waals surface area contributed by atoms with Crippen LogP contribution in [0.3, 0.4) is 0 Å². The minimum Gasteiger partial charge on any atom is -0.444 e. The van der Waals surface area contributed by atoms with Crippen LogP contribution in [0, 0.1) is 13.8 Å². The minimum absolute atomic E-state index is 0.239. The lowest BCUT2D eigenvalue weighted by molar-refractivity contribution is -0.139. The molecular formula is C31H37N3O4.